The maximum Gasteiger partial charge on any atom is 0.306 e. The van der Waals surface area contributed by atoms with Crippen LogP contribution in [-0.4, -0.2) is 28.8 Å². The molecule has 8 heteroatoms. The normalized spacial score (nSPS) is 17.6. The molecular formula is C25H23N3O2S3. The maximum absolute atomic E-state index is 11.4. The largest absolute Gasteiger partial charge is 0.469 e. The second-order valence-electron chi connectivity index (χ2n) is 7.72. The predicted molar refractivity (Wildman–Crippen MR) is 138 cm³/mol. The van der Waals surface area contributed by atoms with E-state index in [0.29, 0.717) is 28.4 Å². The molecule has 33 heavy (non-hydrogen) atoms. The van der Waals surface area contributed by atoms with Crippen LogP contribution in [0, 0.1) is 0 Å². The molecule has 2 N–H and O–H groups in total. The highest BCUT2D eigenvalue weighted by Crippen LogP contribution is 2.55. The van der Waals surface area contributed by atoms with Crippen LogP contribution < -0.4 is 5.73 Å². The van der Waals surface area contributed by atoms with E-state index in [1.54, 1.807) is 11.3 Å². The summed E-state index contributed by atoms with van der Waals surface area (Å²) in [7, 11) is 1.40. The highest BCUT2D eigenvalue weighted by molar-refractivity contribution is 8.00. The van der Waals surface area contributed by atoms with Crippen LogP contribution in [0.1, 0.15) is 38.5 Å². The first-order valence-corrected chi connectivity index (χ1v) is 13.4. The maximum atomic E-state index is 11.4. The highest BCUT2D eigenvalue weighted by Gasteiger charge is 2.34. The fourth-order valence-electron chi connectivity index (χ4n) is 4.07. The Morgan fingerprint density at radius 1 is 1.09 bits per heavy atom. The minimum atomic E-state index is -0.238. The Morgan fingerprint density at radius 3 is 2.48 bits per heavy atom. The Balaban J connectivity index is 1.55. The summed E-state index contributed by atoms with van der Waals surface area (Å²) >= 11 is 5.14. The average Bonchev–Trinajstić information content (AvgIpc) is 3.23. The van der Waals surface area contributed by atoms with Gasteiger partial charge in [-0.1, -0.05) is 72.4 Å². The third-order valence-corrected chi connectivity index (χ3v) is 9.39. The van der Waals surface area contributed by atoms with Crippen molar-refractivity contribution in [1.29, 1.82) is 0 Å². The summed E-state index contributed by atoms with van der Waals surface area (Å²) in [4.78, 5) is 23.1. The number of methoxy groups -OCH3 is 1. The Bertz CT molecular complexity index is 1280. The lowest BCUT2D eigenvalue weighted by molar-refractivity contribution is -0.140. The molecule has 0 aliphatic carbocycles. The minimum absolute atomic E-state index is 0.217. The third kappa shape index (κ3) is 4.60. The van der Waals surface area contributed by atoms with Crippen LogP contribution in [-0.2, 0) is 16.0 Å². The average molecular weight is 494 g/mol. The molecule has 0 fully saturated rings. The molecule has 0 saturated carbocycles. The number of ether oxygens (including phenoxy) is 1. The van der Waals surface area contributed by atoms with E-state index in [9.17, 15) is 4.79 Å². The molecule has 0 amide bonds. The molecule has 1 aliphatic heterocycles. The summed E-state index contributed by atoms with van der Waals surface area (Å²) in [5.74, 6) is 0.836. The molecule has 168 valence electrons. The van der Waals surface area contributed by atoms with Gasteiger partial charge in [-0.15, -0.1) is 23.1 Å². The molecule has 0 radical (unpaired) electrons. The number of carbonyl (C=O) groups excluding carboxylic acids is 1. The summed E-state index contributed by atoms with van der Waals surface area (Å²) in [5, 5.41) is 2.13. The molecule has 0 saturated heterocycles. The van der Waals surface area contributed by atoms with Gasteiger partial charge in [0.2, 0.25) is 0 Å². The molecule has 2 aromatic heterocycles. The molecular weight excluding hydrogens is 470 g/mol. The fraction of sp³-hybridized carbons (Fsp3) is 0.240. The van der Waals surface area contributed by atoms with Gasteiger partial charge < -0.3 is 10.5 Å². The third-order valence-electron chi connectivity index (χ3n) is 5.66. The number of thioether (sulfide) groups is 2. The van der Waals surface area contributed by atoms with Gasteiger partial charge in [-0.3, -0.25) is 4.79 Å². The van der Waals surface area contributed by atoms with E-state index in [-0.39, 0.29) is 11.2 Å². The standard InChI is InChI=1S/C25H23N3O2S3/c1-30-19(29)12-13-31-25-27-23(26)20-17-14-18(15-8-4-2-5-9-15)32-21(16-10-6-3-7-11-16)22(17)33-24(20)28-25/h2-11,18,21H,12-14H2,1H3,(H2,26,27,28)/t18-,21-/m1/s1. The molecule has 2 atom stereocenters. The number of thiophene rings is 1. The fourth-order valence-corrected chi connectivity index (χ4v) is 7.92. The van der Waals surface area contributed by atoms with E-state index >= 15 is 0 Å². The SMILES string of the molecule is COC(=O)CCSc1nc(N)c2c3c(sc2n1)[C@@H](c1ccccc1)S[C@@H](c1ccccc1)C3. The summed E-state index contributed by atoms with van der Waals surface area (Å²) < 4.78 is 4.72. The number of nitrogens with zero attached hydrogens (tertiary/aromatic N) is 2. The second-order valence-corrected chi connectivity index (χ2v) is 11.1. The number of anilines is 1. The molecule has 5 nitrogen and oxygen atoms in total. The van der Waals surface area contributed by atoms with Gasteiger partial charge in [0.25, 0.3) is 0 Å². The van der Waals surface area contributed by atoms with Crippen molar-refractivity contribution in [3.63, 3.8) is 0 Å². The molecule has 2 aromatic carbocycles. The first-order valence-electron chi connectivity index (χ1n) is 10.7. The van der Waals surface area contributed by atoms with E-state index in [1.807, 2.05) is 11.8 Å². The number of fused-ring (bicyclic) bond motifs is 3. The highest BCUT2D eigenvalue weighted by atomic mass is 32.2. The number of hydrogen-bond acceptors (Lipinski definition) is 8. The first kappa shape index (κ1) is 22.3. The van der Waals surface area contributed by atoms with Crippen molar-refractivity contribution in [1.82, 2.24) is 9.97 Å². The lowest BCUT2D eigenvalue weighted by atomic mass is 9.98. The molecule has 3 heterocycles. The smallest absolute Gasteiger partial charge is 0.306 e. The molecule has 1 aliphatic rings. The van der Waals surface area contributed by atoms with Crippen molar-refractivity contribution in [3.8, 4) is 0 Å². The minimum Gasteiger partial charge on any atom is -0.469 e. The number of benzene rings is 2. The zero-order chi connectivity index (χ0) is 22.8. The summed E-state index contributed by atoms with van der Waals surface area (Å²) in [6, 6.07) is 21.3. The van der Waals surface area contributed by atoms with Crippen LogP contribution in [0.2, 0.25) is 0 Å². The number of carbonyl (C=O) groups is 1. The van der Waals surface area contributed by atoms with Gasteiger partial charge in [0, 0.05) is 15.9 Å². The predicted octanol–water partition coefficient (Wildman–Crippen LogP) is 6.05. The number of nitrogen functional groups attached to an aromatic ring is 1. The lowest BCUT2D eigenvalue weighted by Gasteiger charge is -2.30. The Labute approximate surface area is 205 Å². The Hall–Kier alpha value is -2.55. The monoisotopic (exact) mass is 493 g/mol. The van der Waals surface area contributed by atoms with Crippen molar-refractivity contribution in [2.45, 2.75) is 28.5 Å². The van der Waals surface area contributed by atoms with Gasteiger partial charge in [0.1, 0.15) is 10.6 Å². The van der Waals surface area contributed by atoms with Gasteiger partial charge in [0.15, 0.2) is 5.16 Å². The van der Waals surface area contributed by atoms with E-state index in [1.165, 1.54) is 40.4 Å². The molecule has 0 bridgehead atoms. The first-order chi connectivity index (χ1) is 16.1. The van der Waals surface area contributed by atoms with Crippen molar-refractivity contribution < 1.29 is 9.53 Å². The summed E-state index contributed by atoms with van der Waals surface area (Å²) in [6.45, 7) is 0. The zero-order valence-electron chi connectivity index (χ0n) is 18.1. The number of rotatable bonds is 6. The van der Waals surface area contributed by atoms with Crippen molar-refractivity contribution in [2.24, 2.45) is 0 Å². The second kappa shape index (κ2) is 9.75. The number of hydrogen-bond donors (Lipinski definition) is 1. The van der Waals surface area contributed by atoms with Gasteiger partial charge in [-0.05, 0) is 23.1 Å². The van der Waals surface area contributed by atoms with Crippen LogP contribution in [0.4, 0.5) is 5.82 Å². The van der Waals surface area contributed by atoms with Crippen molar-refractivity contribution >= 4 is 56.9 Å². The van der Waals surface area contributed by atoms with Crippen LogP contribution in [0.15, 0.2) is 65.8 Å². The number of aromatic nitrogens is 2. The van der Waals surface area contributed by atoms with Gasteiger partial charge in [-0.25, -0.2) is 9.97 Å². The van der Waals surface area contributed by atoms with Crippen LogP contribution in [0.5, 0.6) is 0 Å². The summed E-state index contributed by atoms with van der Waals surface area (Å²) in [5.41, 5.74) is 10.4. The van der Waals surface area contributed by atoms with Crippen molar-refractivity contribution in [2.75, 3.05) is 18.6 Å². The molecule has 5 rings (SSSR count). The number of nitrogens with two attached hydrogens (primary N) is 1. The van der Waals surface area contributed by atoms with Gasteiger partial charge in [0.05, 0.1) is 24.2 Å². The molecule has 4 aromatic rings. The number of esters is 1. The zero-order valence-corrected chi connectivity index (χ0v) is 20.5. The van der Waals surface area contributed by atoms with E-state index in [2.05, 4.69) is 65.6 Å². The van der Waals surface area contributed by atoms with Crippen molar-refractivity contribution in [3.05, 3.63) is 82.2 Å². The van der Waals surface area contributed by atoms with E-state index in [4.69, 9.17) is 15.5 Å². The van der Waals surface area contributed by atoms with Crippen LogP contribution in [0.25, 0.3) is 10.2 Å². The van der Waals surface area contributed by atoms with E-state index in [0.717, 1.165) is 16.6 Å². The summed E-state index contributed by atoms with van der Waals surface area (Å²) in [6.07, 6.45) is 1.21. The molecule has 0 spiro atoms. The topological polar surface area (TPSA) is 78.1 Å². The van der Waals surface area contributed by atoms with Crippen LogP contribution in [0.3, 0.4) is 0 Å². The lowest BCUT2D eigenvalue weighted by Crippen LogP contribution is -2.12. The Kier molecular flexibility index (Phi) is 6.57. The Morgan fingerprint density at radius 2 is 1.79 bits per heavy atom. The molecule has 0 unspecified atom stereocenters. The quantitative estimate of drug-likeness (QED) is 0.199. The van der Waals surface area contributed by atoms with Gasteiger partial charge >= 0.3 is 5.97 Å². The van der Waals surface area contributed by atoms with Crippen LogP contribution >= 0.6 is 34.9 Å². The van der Waals surface area contributed by atoms with Gasteiger partial charge in [-0.2, -0.15) is 0 Å². The van der Waals surface area contributed by atoms with E-state index < -0.39 is 0 Å².